The van der Waals surface area contributed by atoms with Crippen molar-refractivity contribution in [1.82, 2.24) is 13.7 Å². The first-order valence-electron chi connectivity index (χ1n) is 7.87. The van der Waals surface area contributed by atoms with E-state index >= 15 is 0 Å². The SMILES string of the molecule is Cn1c(=S)n(C)c(=O)n(-c2cc(OC(=O)C3(C)CC=NO3)c(Cl)cc2F)c1=O. The Morgan fingerprint density at radius 3 is 2.46 bits per heavy atom. The molecule has 1 unspecified atom stereocenters. The molecule has 0 amide bonds. The number of benzene rings is 1. The number of nitrogens with zero attached hydrogens (tertiary/aromatic N) is 4. The van der Waals surface area contributed by atoms with Crippen LogP contribution in [-0.4, -0.2) is 31.5 Å². The number of hydrogen-bond donors (Lipinski definition) is 0. The van der Waals surface area contributed by atoms with E-state index < -0.39 is 34.5 Å². The molecule has 0 bridgehead atoms. The zero-order valence-electron chi connectivity index (χ0n) is 14.9. The van der Waals surface area contributed by atoms with E-state index in [1.807, 2.05) is 0 Å². The van der Waals surface area contributed by atoms with E-state index in [1.165, 1.54) is 27.2 Å². The summed E-state index contributed by atoms with van der Waals surface area (Å²) in [6.45, 7) is 1.46. The van der Waals surface area contributed by atoms with Crippen LogP contribution in [0.1, 0.15) is 13.3 Å². The van der Waals surface area contributed by atoms with Crippen molar-refractivity contribution in [2.24, 2.45) is 19.3 Å². The number of carbonyl (C=O) groups excluding carboxylic acids is 1. The van der Waals surface area contributed by atoms with Crippen molar-refractivity contribution in [2.45, 2.75) is 18.9 Å². The summed E-state index contributed by atoms with van der Waals surface area (Å²) in [5.41, 5.74) is -3.55. The summed E-state index contributed by atoms with van der Waals surface area (Å²) in [5.74, 6) is -2.04. The monoisotopic (exact) mass is 428 g/mol. The van der Waals surface area contributed by atoms with Gasteiger partial charge in [0.15, 0.2) is 10.5 Å². The number of carbonyl (C=O) groups is 1. The van der Waals surface area contributed by atoms with Crippen molar-refractivity contribution in [2.75, 3.05) is 0 Å². The second kappa shape index (κ2) is 6.99. The molecule has 0 radical (unpaired) electrons. The number of oxime groups is 1. The summed E-state index contributed by atoms with van der Waals surface area (Å²) in [7, 11) is 2.68. The van der Waals surface area contributed by atoms with Crippen LogP contribution in [0, 0.1) is 10.6 Å². The number of aromatic nitrogens is 3. The molecule has 0 spiro atoms. The normalized spacial score (nSPS) is 18.2. The summed E-state index contributed by atoms with van der Waals surface area (Å²) in [6, 6.07) is 1.82. The van der Waals surface area contributed by atoms with Crippen molar-refractivity contribution in [3.8, 4) is 11.4 Å². The number of hydrogen-bond acceptors (Lipinski definition) is 7. The zero-order chi connectivity index (χ0) is 20.8. The Kier molecular flexibility index (Phi) is 4.98. The third kappa shape index (κ3) is 3.16. The summed E-state index contributed by atoms with van der Waals surface area (Å²) >= 11 is 11.0. The third-order valence-corrected chi connectivity index (χ3v) is 5.06. The van der Waals surface area contributed by atoms with E-state index in [9.17, 15) is 18.8 Å². The highest BCUT2D eigenvalue weighted by Gasteiger charge is 2.40. The van der Waals surface area contributed by atoms with Crippen LogP contribution in [0.5, 0.6) is 5.75 Å². The summed E-state index contributed by atoms with van der Waals surface area (Å²) in [4.78, 5) is 42.4. The van der Waals surface area contributed by atoms with Gasteiger partial charge in [0.25, 0.3) is 0 Å². The third-order valence-electron chi connectivity index (χ3n) is 4.22. The molecule has 1 aliphatic rings. The van der Waals surface area contributed by atoms with Crippen molar-refractivity contribution < 1.29 is 18.8 Å². The van der Waals surface area contributed by atoms with Gasteiger partial charge < -0.3 is 9.57 Å². The molecule has 2 heterocycles. The molecule has 0 saturated heterocycles. The molecule has 0 saturated carbocycles. The molecule has 0 fully saturated rings. The van der Waals surface area contributed by atoms with Crippen LogP contribution in [0.3, 0.4) is 0 Å². The van der Waals surface area contributed by atoms with Crippen molar-refractivity contribution >= 4 is 36.0 Å². The zero-order valence-corrected chi connectivity index (χ0v) is 16.5. The highest BCUT2D eigenvalue weighted by molar-refractivity contribution is 7.71. The van der Waals surface area contributed by atoms with Crippen LogP contribution in [0.25, 0.3) is 5.69 Å². The van der Waals surface area contributed by atoms with Gasteiger partial charge in [-0.15, -0.1) is 0 Å². The maximum Gasteiger partial charge on any atom is 0.358 e. The van der Waals surface area contributed by atoms with Gasteiger partial charge in [0, 0.05) is 32.8 Å². The first-order chi connectivity index (χ1) is 13.1. The largest absolute Gasteiger partial charge is 0.422 e. The fourth-order valence-corrected chi connectivity index (χ4v) is 2.82. The maximum absolute atomic E-state index is 14.5. The average Bonchev–Trinajstić information content (AvgIpc) is 3.10. The van der Waals surface area contributed by atoms with E-state index in [4.69, 9.17) is 33.4 Å². The molecule has 12 heteroatoms. The van der Waals surface area contributed by atoms with Gasteiger partial charge in [0.1, 0.15) is 5.82 Å². The first kappa shape index (κ1) is 20.0. The van der Waals surface area contributed by atoms with Gasteiger partial charge >= 0.3 is 17.3 Å². The van der Waals surface area contributed by atoms with Gasteiger partial charge in [0.2, 0.25) is 5.60 Å². The van der Waals surface area contributed by atoms with Gasteiger partial charge in [-0.25, -0.2) is 23.3 Å². The molecule has 1 aromatic heterocycles. The number of rotatable bonds is 3. The number of halogens is 2. The van der Waals surface area contributed by atoms with E-state index in [0.29, 0.717) is 4.57 Å². The minimum Gasteiger partial charge on any atom is -0.422 e. The molecule has 1 atom stereocenters. The van der Waals surface area contributed by atoms with Crippen molar-refractivity contribution in [3.63, 3.8) is 0 Å². The standard InChI is InChI=1S/C16H14ClFN4O5S/c1-16(4-5-19-27-16)12(23)26-11-7-10(9(18)6-8(11)17)22-13(24)20(2)15(28)21(3)14(22)25/h5-7H,4H2,1-3H3. The van der Waals surface area contributed by atoms with E-state index in [2.05, 4.69) is 5.16 Å². The lowest BCUT2D eigenvalue weighted by Gasteiger charge is -2.19. The Morgan fingerprint density at radius 1 is 1.32 bits per heavy atom. The lowest BCUT2D eigenvalue weighted by Crippen LogP contribution is -2.44. The quantitative estimate of drug-likeness (QED) is 0.417. The Bertz CT molecular complexity index is 1150. The maximum atomic E-state index is 14.5. The van der Waals surface area contributed by atoms with Crippen LogP contribution in [-0.2, 0) is 23.7 Å². The molecule has 1 aliphatic heterocycles. The lowest BCUT2D eigenvalue weighted by atomic mass is 10.0. The average molecular weight is 429 g/mol. The highest BCUT2D eigenvalue weighted by Crippen LogP contribution is 2.31. The molecule has 0 aliphatic carbocycles. The summed E-state index contributed by atoms with van der Waals surface area (Å²) in [6.07, 6.45) is 1.58. The smallest absolute Gasteiger partial charge is 0.358 e. The molecular formula is C16H14ClFN4O5S. The van der Waals surface area contributed by atoms with Gasteiger partial charge in [-0.3, -0.25) is 9.13 Å². The molecule has 1 aromatic carbocycles. The van der Waals surface area contributed by atoms with Crippen LogP contribution < -0.4 is 16.1 Å². The van der Waals surface area contributed by atoms with E-state index in [0.717, 1.165) is 21.3 Å². The van der Waals surface area contributed by atoms with E-state index in [1.54, 1.807) is 0 Å². The fraction of sp³-hybridized carbons (Fsp3) is 0.312. The Labute approximate surface area is 167 Å². The first-order valence-corrected chi connectivity index (χ1v) is 8.66. The fourth-order valence-electron chi connectivity index (χ4n) is 2.48. The topological polar surface area (TPSA) is 96.8 Å². The second-order valence-corrected chi connectivity index (χ2v) is 7.01. The molecule has 148 valence electrons. The molecule has 0 N–H and O–H groups in total. The molecule has 28 heavy (non-hydrogen) atoms. The Balaban J connectivity index is 2.14. The second-order valence-electron chi connectivity index (χ2n) is 6.24. The molecule has 9 nitrogen and oxygen atoms in total. The predicted octanol–water partition coefficient (Wildman–Crippen LogP) is 1.47. The lowest BCUT2D eigenvalue weighted by molar-refractivity contribution is -0.157. The van der Waals surface area contributed by atoms with Gasteiger partial charge in [-0.2, -0.15) is 0 Å². The van der Waals surface area contributed by atoms with Crippen LogP contribution in [0.15, 0.2) is 26.9 Å². The molecular weight excluding hydrogens is 415 g/mol. The minimum atomic E-state index is -1.36. The van der Waals surface area contributed by atoms with E-state index in [-0.39, 0.29) is 22.0 Å². The van der Waals surface area contributed by atoms with Gasteiger partial charge in [-0.05, 0) is 25.2 Å². The minimum absolute atomic E-state index is 0.0430. The van der Waals surface area contributed by atoms with Crippen LogP contribution >= 0.6 is 23.8 Å². The van der Waals surface area contributed by atoms with Crippen LogP contribution in [0.4, 0.5) is 4.39 Å². The Hall–Kier alpha value is -2.79. The predicted molar refractivity (Wildman–Crippen MR) is 100 cm³/mol. The number of ether oxygens (including phenoxy) is 1. The molecule has 3 rings (SSSR count). The summed E-state index contributed by atoms with van der Waals surface area (Å²) < 4.78 is 22.3. The highest BCUT2D eigenvalue weighted by atomic mass is 35.5. The van der Waals surface area contributed by atoms with Crippen molar-refractivity contribution in [3.05, 3.63) is 48.7 Å². The Morgan fingerprint density at radius 2 is 1.93 bits per heavy atom. The van der Waals surface area contributed by atoms with Crippen LogP contribution in [0.2, 0.25) is 5.02 Å². The summed E-state index contributed by atoms with van der Waals surface area (Å²) in [5, 5.41) is 3.30. The van der Waals surface area contributed by atoms with Gasteiger partial charge in [0.05, 0.1) is 10.7 Å². The molecule has 2 aromatic rings. The number of esters is 1. The van der Waals surface area contributed by atoms with Crippen molar-refractivity contribution in [1.29, 1.82) is 0 Å². The van der Waals surface area contributed by atoms with Gasteiger partial charge in [-0.1, -0.05) is 16.8 Å².